The zero-order valence-electron chi connectivity index (χ0n) is 11.8. The van der Waals surface area contributed by atoms with Crippen LogP contribution in [0.15, 0.2) is 24.3 Å². The minimum atomic E-state index is -0.0312. The molecule has 0 aliphatic heterocycles. The van der Waals surface area contributed by atoms with Crippen molar-refractivity contribution in [1.82, 2.24) is 5.32 Å². The van der Waals surface area contributed by atoms with Crippen molar-refractivity contribution < 1.29 is 9.53 Å². The summed E-state index contributed by atoms with van der Waals surface area (Å²) < 4.78 is 5.27. The van der Waals surface area contributed by atoms with Gasteiger partial charge in [0.25, 0.3) is 0 Å². The van der Waals surface area contributed by atoms with E-state index in [1.54, 1.807) is 7.11 Å². The molecule has 1 aromatic carbocycles. The third kappa shape index (κ3) is 5.75. The van der Waals surface area contributed by atoms with Crippen molar-refractivity contribution in [3.63, 3.8) is 0 Å². The van der Waals surface area contributed by atoms with Crippen LogP contribution in [0.1, 0.15) is 31.7 Å². The molecule has 0 radical (unpaired) electrons. The van der Waals surface area contributed by atoms with E-state index in [9.17, 15) is 4.79 Å². The van der Waals surface area contributed by atoms with Crippen LogP contribution < -0.4 is 15.8 Å². The summed E-state index contributed by atoms with van der Waals surface area (Å²) in [5.41, 5.74) is 6.93. The maximum absolute atomic E-state index is 11.7. The molecule has 0 aromatic heterocycles. The standard InChI is InChI=1S/C15H24N2O2/c1-3-6-13(16)11-15(18)17-10-9-12-7-4-5-8-14(12)19-2/h4-5,7-8,13H,3,6,9-11,16H2,1-2H3,(H,17,18). The van der Waals surface area contributed by atoms with Gasteiger partial charge >= 0.3 is 0 Å². The monoisotopic (exact) mass is 264 g/mol. The lowest BCUT2D eigenvalue weighted by atomic mass is 10.1. The highest BCUT2D eigenvalue weighted by Crippen LogP contribution is 2.17. The number of carbonyl (C=O) groups excluding carboxylic acids is 1. The van der Waals surface area contributed by atoms with E-state index >= 15 is 0 Å². The van der Waals surface area contributed by atoms with Crippen LogP contribution in [0.5, 0.6) is 5.75 Å². The van der Waals surface area contributed by atoms with E-state index < -0.39 is 0 Å². The number of hydrogen-bond donors (Lipinski definition) is 2. The molecule has 4 nitrogen and oxygen atoms in total. The van der Waals surface area contributed by atoms with Crippen molar-refractivity contribution in [1.29, 1.82) is 0 Å². The number of methoxy groups -OCH3 is 1. The second-order valence-electron chi connectivity index (χ2n) is 4.66. The summed E-state index contributed by atoms with van der Waals surface area (Å²) in [5, 5.41) is 2.90. The van der Waals surface area contributed by atoms with Gasteiger partial charge in [-0.25, -0.2) is 0 Å². The fourth-order valence-electron chi connectivity index (χ4n) is 2.03. The number of rotatable bonds is 8. The predicted molar refractivity (Wildman–Crippen MR) is 77.2 cm³/mol. The molecule has 1 rings (SSSR count). The molecule has 3 N–H and O–H groups in total. The third-order valence-electron chi connectivity index (χ3n) is 3.02. The molecule has 0 aliphatic rings. The molecule has 0 bridgehead atoms. The van der Waals surface area contributed by atoms with Gasteiger partial charge in [0.2, 0.25) is 5.91 Å². The lowest BCUT2D eigenvalue weighted by molar-refractivity contribution is -0.121. The molecule has 4 heteroatoms. The topological polar surface area (TPSA) is 64.4 Å². The Hall–Kier alpha value is -1.55. The number of nitrogens with one attached hydrogen (secondary N) is 1. The minimum absolute atomic E-state index is 0.0239. The Labute approximate surface area is 115 Å². The van der Waals surface area contributed by atoms with Crippen LogP contribution in [-0.2, 0) is 11.2 Å². The highest BCUT2D eigenvalue weighted by molar-refractivity contribution is 5.76. The summed E-state index contributed by atoms with van der Waals surface area (Å²) in [5.74, 6) is 0.885. The summed E-state index contributed by atoms with van der Waals surface area (Å²) in [6.45, 7) is 2.68. The average molecular weight is 264 g/mol. The molecule has 0 spiro atoms. The molecular formula is C15H24N2O2. The molecular weight excluding hydrogens is 240 g/mol. The Morgan fingerprint density at radius 1 is 1.42 bits per heavy atom. The van der Waals surface area contributed by atoms with Gasteiger partial charge in [-0.2, -0.15) is 0 Å². The van der Waals surface area contributed by atoms with Gasteiger partial charge in [0, 0.05) is 19.0 Å². The normalized spacial score (nSPS) is 11.9. The van der Waals surface area contributed by atoms with Gasteiger partial charge in [-0.05, 0) is 24.5 Å². The fourth-order valence-corrected chi connectivity index (χ4v) is 2.03. The number of hydrogen-bond acceptors (Lipinski definition) is 3. The first-order valence-electron chi connectivity index (χ1n) is 6.81. The first-order chi connectivity index (χ1) is 9.17. The van der Waals surface area contributed by atoms with E-state index in [4.69, 9.17) is 10.5 Å². The van der Waals surface area contributed by atoms with Crippen LogP contribution in [-0.4, -0.2) is 25.6 Å². The number of amides is 1. The molecule has 0 heterocycles. The smallest absolute Gasteiger partial charge is 0.221 e. The molecule has 0 saturated heterocycles. The van der Waals surface area contributed by atoms with Gasteiger partial charge in [-0.1, -0.05) is 31.5 Å². The Morgan fingerprint density at radius 2 is 2.16 bits per heavy atom. The van der Waals surface area contributed by atoms with Gasteiger partial charge in [-0.15, -0.1) is 0 Å². The quantitative estimate of drug-likeness (QED) is 0.753. The van der Waals surface area contributed by atoms with Crippen LogP contribution in [0.2, 0.25) is 0 Å². The Balaban J connectivity index is 2.31. The third-order valence-corrected chi connectivity index (χ3v) is 3.02. The lowest BCUT2D eigenvalue weighted by Gasteiger charge is -2.11. The van der Waals surface area contributed by atoms with Gasteiger partial charge < -0.3 is 15.8 Å². The zero-order chi connectivity index (χ0) is 14.1. The number of nitrogens with two attached hydrogens (primary N) is 1. The van der Waals surface area contributed by atoms with Crippen LogP contribution >= 0.6 is 0 Å². The summed E-state index contributed by atoms with van der Waals surface area (Å²) in [7, 11) is 1.65. The summed E-state index contributed by atoms with van der Waals surface area (Å²) in [6.07, 6.45) is 3.06. The summed E-state index contributed by atoms with van der Waals surface area (Å²) in [6, 6.07) is 7.81. The highest BCUT2D eigenvalue weighted by atomic mass is 16.5. The van der Waals surface area contributed by atoms with E-state index in [1.165, 1.54) is 0 Å². The van der Waals surface area contributed by atoms with E-state index in [0.29, 0.717) is 13.0 Å². The Morgan fingerprint density at radius 3 is 2.84 bits per heavy atom. The molecule has 106 valence electrons. The maximum Gasteiger partial charge on any atom is 0.221 e. The van der Waals surface area contributed by atoms with Gasteiger partial charge in [0.1, 0.15) is 5.75 Å². The molecule has 0 saturated carbocycles. The van der Waals surface area contributed by atoms with Crippen LogP contribution in [0, 0.1) is 0 Å². The Kier molecular flexibility index (Phi) is 6.97. The SMILES string of the molecule is CCCC(N)CC(=O)NCCc1ccccc1OC. The Bertz CT molecular complexity index is 393. The molecule has 1 atom stereocenters. The zero-order valence-corrected chi connectivity index (χ0v) is 11.8. The number of para-hydroxylation sites is 1. The summed E-state index contributed by atoms with van der Waals surface area (Å²) >= 11 is 0. The van der Waals surface area contributed by atoms with Crippen molar-refractivity contribution in [2.45, 2.75) is 38.6 Å². The van der Waals surface area contributed by atoms with E-state index in [1.807, 2.05) is 24.3 Å². The van der Waals surface area contributed by atoms with E-state index in [-0.39, 0.29) is 11.9 Å². The molecule has 0 fully saturated rings. The fraction of sp³-hybridized carbons (Fsp3) is 0.533. The van der Waals surface area contributed by atoms with Crippen molar-refractivity contribution >= 4 is 5.91 Å². The van der Waals surface area contributed by atoms with Gasteiger partial charge in [0.05, 0.1) is 7.11 Å². The average Bonchev–Trinajstić information content (AvgIpc) is 2.39. The van der Waals surface area contributed by atoms with Crippen molar-refractivity contribution in [3.8, 4) is 5.75 Å². The van der Waals surface area contributed by atoms with Crippen LogP contribution in [0.3, 0.4) is 0 Å². The molecule has 1 unspecified atom stereocenters. The maximum atomic E-state index is 11.7. The first-order valence-corrected chi connectivity index (χ1v) is 6.81. The highest BCUT2D eigenvalue weighted by Gasteiger charge is 2.08. The predicted octanol–water partition coefficient (Wildman–Crippen LogP) is 1.87. The van der Waals surface area contributed by atoms with E-state index in [2.05, 4.69) is 12.2 Å². The number of carbonyl (C=O) groups is 1. The molecule has 0 aliphatic carbocycles. The summed E-state index contributed by atoms with van der Waals surface area (Å²) in [4.78, 5) is 11.7. The molecule has 19 heavy (non-hydrogen) atoms. The van der Waals surface area contributed by atoms with Crippen LogP contribution in [0.25, 0.3) is 0 Å². The van der Waals surface area contributed by atoms with Gasteiger partial charge in [0.15, 0.2) is 0 Å². The lowest BCUT2D eigenvalue weighted by Crippen LogP contribution is -2.32. The second-order valence-corrected chi connectivity index (χ2v) is 4.66. The van der Waals surface area contributed by atoms with Crippen molar-refractivity contribution in [2.75, 3.05) is 13.7 Å². The van der Waals surface area contributed by atoms with Crippen molar-refractivity contribution in [2.24, 2.45) is 5.73 Å². The number of ether oxygens (including phenoxy) is 1. The van der Waals surface area contributed by atoms with E-state index in [0.717, 1.165) is 30.6 Å². The molecule has 1 aromatic rings. The second kappa shape index (κ2) is 8.53. The van der Waals surface area contributed by atoms with Crippen molar-refractivity contribution in [3.05, 3.63) is 29.8 Å². The van der Waals surface area contributed by atoms with Gasteiger partial charge in [-0.3, -0.25) is 4.79 Å². The molecule has 1 amide bonds. The number of benzene rings is 1. The van der Waals surface area contributed by atoms with Crippen LogP contribution in [0.4, 0.5) is 0 Å². The largest absolute Gasteiger partial charge is 0.496 e. The first kappa shape index (κ1) is 15.5. The minimum Gasteiger partial charge on any atom is -0.496 e.